The first-order valence-electron chi connectivity index (χ1n) is 6.42. The summed E-state index contributed by atoms with van der Waals surface area (Å²) in [6.07, 6.45) is 4.10. The highest BCUT2D eigenvalue weighted by Crippen LogP contribution is 2.19. The highest BCUT2D eigenvalue weighted by atomic mass is 35.5. The Hall–Kier alpha value is -1.06. The molecule has 0 aromatic heterocycles. The van der Waals surface area contributed by atoms with E-state index in [9.17, 15) is 4.79 Å². The minimum atomic E-state index is 0.150. The van der Waals surface area contributed by atoms with Crippen molar-refractivity contribution >= 4 is 23.2 Å². The molecule has 18 heavy (non-hydrogen) atoms. The molecule has 0 saturated carbocycles. The zero-order chi connectivity index (χ0) is 13.0. The molecule has 3 nitrogen and oxygen atoms in total. The summed E-state index contributed by atoms with van der Waals surface area (Å²) in [4.78, 5) is 13.9. The number of rotatable bonds is 3. The van der Waals surface area contributed by atoms with Crippen LogP contribution in [0, 0.1) is 0 Å². The second-order valence-electron chi connectivity index (χ2n) is 4.78. The highest BCUT2D eigenvalue weighted by Gasteiger charge is 2.19. The molecular formula is C14H19ClN2O. The quantitative estimate of drug-likeness (QED) is 0.912. The van der Waals surface area contributed by atoms with Gasteiger partial charge in [-0.25, -0.2) is 0 Å². The van der Waals surface area contributed by atoms with Gasteiger partial charge >= 0.3 is 0 Å². The molecule has 0 bridgehead atoms. The zero-order valence-corrected chi connectivity index (χ0v) is 11.4. The molecule has 98 valence electrons. The fourth-order valence-electron chi connectivity index (χ4n) is 2.25. The predicted octanol–water partition coefficient (Wildman–Crippen LogP) is 2.84. The average molecular weight is 267 g/mol. The number of amides is 1. The Kier molecular flexibility index (Phi) is 4.61. The number of benzene rings is 1. The van der Waals surface area contributed by atoms with E-state index in [2.05, 4.69) is 5.32 Å². The van der Waals surface area contributed by atoms with Crippen LogP contribution in [0.4, 0.5) is 5.69 Å². The number of halogens is 1. The van der Waals surface area contributed by atoms with E-state index in [0.29, 0.717) is 17.5 Å². The molecule has 0 aliphatic carbocycles. The third-order valence-electron chi connectivity index (χ3n) is 3.42. The molecule has 2 rings (SSSR count). The summed E-state index contributed by atoms with van der Waals surface area (Å²) >= 11 is 5.84. The van der Waals surface area contributed by atoms with Crippen LogP contribution in [0.5, 0.6) is 0 Å². The summed E-state index contributed by atoms with van der Waals surface area (Å²) in [6.45, 7) is 1.03. The van der Waals surface area contributed by atoms with Crippen LogP contribution in [-0.2, 0) is 4.79 Å². The van der Waals surface area contributed by atoms with Gasteiger partial charge in [0.1, 0.15) is 0 Å². The number of hydrogen-bond acceptors (Lipinski definition) is 2. The SMILES string of the molecule is CN(C(=O)CC1CCCCN1)c1ccc(Cl)cc1. The van der Waals surface area contributed by atoms with Crippen LogP contribution in [0.15, 0.2) is 24.3 Å². The fourth-order valence-corrected chi connectivity index (χ4v) is 2.38. The highest BCUT2D eigenvalue weighted by molar-refractivity contribution is 6.30. The predicted molar refractivity (Wildman–Crippen MR) is 75.1 cm³/mol. The maximum absolute atomic E-state index is 12.1. The Bertz CT molecular complexity index is 399. The Morgan fingerprint density at radius 1 is 1.39 bits per heavy atom. The summed E-state index contributed by atoms with van der Waals surface area (Å²) in [7, 11) is 1.81. The fraction of sp³-hybridized carbons (Fsp3) is 0.500. The van der Waals surface area contributed by atoms with Crippen molar-refractivity contribution in [2.45, 2.75) is 31.7 Å². The summed E-state index contributed by atoms with van der Waals surface area (Å²) in [6, 6.07) is 7.68. The minimum absolute atomic E-state index is 0.150. The molecule has 1 amide bonds. The normalized spacial score (nSPS) is 19.6. The summed E-state index contributed by atoms with van der Waals surface area (Å²) < 4.78 is 0. The lowest BCUT2D eigenvalue weighted by molar-refractivity contribution is -0.118. The van der Waals surface area contributed by atoms with Gasteiger partial charge in [-0.05, 0) is 43.7 Å². The molecule has 1 saturated heterocycles. The third kappa shape index (κ3) is 3.47. The average Bonchev–Trinajstić information content (AvgIpc) is 2.40. The van der Waals surface area contributed by atoms with Crippen molar-refractivity contribution in [3.63, 3.8) is 0 Å². The van der Waals surface area contributed by atoms with Crippen molar-refractivity contribution in [2.24, 2.45) is 0 Å². The molecule has 0 radical (unpaired) electrons. The third-order valence-corrected chi connectivity index (χ3v) is 3.67. The van der Waals surface area contributed by atoms with Crippen molar-refractivity contribution in [1.29, 1.82) is 0 Å². The van der Waals surface area contributed by atoms with Gasteiger partial charge in [0.05, 0.1) is 0 Å². The number of nitrogens with zero attached hydrogens (tertiary/aromatic N) is 1. The molecule has 1 fully saturated rings. The van der Waals surface area contributed by atoms with E-state index in [4.69, 9.17) is 11.6 Å². The largest absolute Gasteiger partial charge is 0.315 e. The minimum Gasteiger partial charge on any atom is -0.315 e. The van der Waals surface area contributed by atoms with Crippen LogP contribution in [0.1, 0.15) is 25.7 Å². The molecule has 1 N–H and O–H groups in total. The molecule has 1 heterocycles. The first kappa shape index (κ1) is 13.4. The maximum atomic E-state index is 12.1. The topological polar surface area (TPSA) is 32.3 Å². The Morgan fingerprint density at radius 2 is 2.11 bits per heavy atom. The van der Waals surface area contributed by atoms with Crippen molar-refractivity contribution in [3.8, 4) is 0 Å². The van der Waals surface area contributed by atoms with E-state index in [1.165, 1.54) is 12.8 Å². The lowest BCUT2D eigenvalue weighted by Crippen LogP contribution is -2.39. The van der Waals surface area contributed by atoms with Gasteiger partial charge < -0.3 is 10.2 Å². The molecule has 4 heteroatoms. The van der Waals surface area contributed by atoms with Gasteiger partial charge in [0.15, 0.2) is 0 Å². The van der Waals surface area contributed by atoms with Gasteiger partial charge in [0, 0.05) is 30.2 Å². The van der Waals surface area contributed by atoms with Gasteiger partial charge in [0.2, 0.25) is 5.91 Å². The molecule has 1 aromatic carbocycles. The maximum Gasteiger partial charge on any atom is 0.228 e. The van der Waals surface area contributed by atoms with Gasteiger partial charge in [-0.2, -0.15) is 0 Å². The molecular weight excluding hydrogens is 248 g/mol. The van der Waals surface area contributed by atoms with Crippen LogP contribution >= 0.6 is 11.6 Å². The first-order valence-corrected chi connectivity index (χ1v) is 6.80. The number of nitrogens with one attached hydrogen (secondary N) is 1. The van der Waals surface area contributed by atoms with Crippen LogP contribution in [0.2, 0.25) is 5.02 Å². The van der Waals surface area contributed by atoms with Crippen LogP contribution in [0.25, 0.3) is 0 Å². The Morgan fingerprint density at radius 3 is 2.72 bits per heavy atom. The van der Waals surface area contributed by atoms with E-state index < -0.39 is 0 Å². The van der Waals surface area contributed by atoms with E-state index >= 15 is 0 Å². The number of carbonyl (C=O) groups excluding carboxylic acids is 1. The first-order chi connectivity index (χ1) is 8.66. The number of piperidine rings is 1. The van der Waals surface area contributed by atoms with Crippen LogP contribution in [-0.4, -0.2) is 25.5 Å². The standard InChI is InChI=1S/C14H19ClN2O/c1-17(13-7-5-11(15)6-8-13)14(18)10-12-4-2-3-9-16-12/h5-8,12,16H,2-4,9-10H2,1H3. The van der Waals surface area contributed by atoms with E-state index in [0.717, 1.165) is 18.7 Å². The van der Waals surface area contributed by atoms with Gasteiger partial charge in [0.25, 0.3) is 0 Å². The van der Waals surface area contributed by atoms with E-state index in [-0.39, 0.29) is 5.91 Å². The number of anilines is 1. The molecule has 1 aromatic rings. The van der Waals surface area contributed by atoms with E-state index in [1.807, 2.05) is 19.2 Å². The molecule has 1 aliphatic heterocycles. The summed E-state index contributed by atoms with van der Waals surface area (Å²) in [5.41, 5.74) is 0.889. The lowest BCUT2D eigenvalue weighted by atomic mass is 10.0. The van der Waals surface area contributed by atoms with Crippen LogP contribution < -0.4 is 10.2 Å². The summed E-state index contributed by atoms with van der Waals surface area (Å²) in [5.74, 6) is 0.150. The van der Waals surface area contributed by atoms with Crippen molar-refractivity contribution in [2.75, 3.05) is 18.5 Å². The molecule has 0 spiro atoms. The Balaban J connectivity index is 1.93. The van der Waals surface area contributed by atoms with Gasteiger partial charge in [-0.1, -0.05) is 18.0 Å². The molecule has 1 atom stereocenters. The second-order valence-corrected chi connectivity index (χ2v) is 5.22. The van der Waals surface area contributed by atoms with Crippen molar-refractivity contribution < 1.29 is 4.79 Å². The zero-order valence-electron chi connectivity index (χ0n) is 10.7. The monoisotopic (exact) mass is 266 g/mol. The van der Waals surface area contributed by atoms with Gasteiger partial charge in [-0.3, -0.25) is 4.79 Å². The molecule has 1 unspecified atom stereocenters. The summed E-state index contributed by atoms with van der Waals surface area (Å²) in [5, 5.41) is 4.09. The lowest BCUT2D eigenvalue weighted by Gasteiger charge is -2.25. The van der Waals surface area contributed by atoms with Gasteiger partial charge in [-0.15, -0.1) is 0 Å². The number of carbonyl (C=O) groups is 1. The molecule has 1 aliphatic rings. The van der Waals surface area contributed by atoms with Crippen molar-refractivity contribution in [3.05, 3.63) is 29.3 Å². The smallest absolute Gasteiger partial charge is 0.228 e. The van der Waals surface area contributed by atoms with Crippen molar-refractivity contribution in [1.82, 2.24) is 5.32 Å². The van der Waals surface area contributed by atoms with E-state index in [1.54, 1.807) is 17.0 Å². The second kappa shape index (κ2) is 6.21. The number of hydrogen-bond donors (Lipinski definition) is 1. The Labute approximate surface area is 113 Å². The van der Waals surface area contributed by atoms with Crippen LogP contribution in [0.3, 0.4) is 0 Å².